The molecule has 0 bridgehead atoms. The lowest BCUT2D eigenvalue weighted by atomic mass is 9.96. The summed E-state index contributed by atoms with van der Waals surface area (Å²) in [5.41, 5.74) is 1.70. The van der Waals surface area contributed by atoms with E-state index in [1.807, 2.05) is 38.2 Å². The largest absolute Gasteiger partial charge is 0.338 e. The molecule has 0 radical (unpaired) electrons. The van der Waals surface area contributed by atoms with Gasteiger partial charge in [0, 0.05) is 12.0 Å². The number of nitriles is 1. The summed E-state index contributed by atoms with van der Waals surface area (Å²) in [5.74, 6) is 1.35. The molecule has 1 aromatic carbocycles. The van der Waals surface area contributed by atoms with Gasteiger partial charge in [0.05, 0.1) is 17.7 Å². The fourth-order valence-corrected chi connectivity index (χ4v) is 2.01. The predicted octanol–water partition coefficient (Wildman–Crippen LogP) is 3.43. The minimum Gasteiger partial charge on any atom is -0.338 e. The Bertz CT molecular complexity index is 661. The standard InChI is InChI=1S/C17H22N4O/c1-12(15-19-16(20-22-15)17(2,3)4)21(5)11-14-8-6-13(10-18)7-9-14/h6-9,12H,11H2,1-5H3. The molecule has 1 heterocycles. The van der Waals surface area contributed by atoms with Crippen LogP contribution in [0.15, 0.2) is 28.8 Å². The fraction of sp³-hybridized carbons (Fsp3) is 0.471. The highest BCUT2D eigenvalue weighted by Crippen LogP contribution is 2.24. The minimum atomic E-state index is -0.118. The van der Waals surface area contributed by atoms with Crippen LogP contribution in [0, 0.1) is 11.3 Å². The lowest BCUT2D eigenvalue weighted by molar-refractivity contribution is 0.202. The Labute approximate surface area is 131 Å². The van der Waals surface area contributed by atoms with E-state index in [1.165, 1.54) is 0 Å². The quantitative estimate of drug-likeness (QED) is 0.865. The maximum atomic E-state index is 8.83. The van der Waals surface area contributed by atoms with E-state index in [0.29, 0.717) is 11.5 Å². The number of aromatic nitrogens is 2. The van der Waals surface area contributed by atoms with Crippen molar-refractivity contribution in [2.24, 2.45) is 0 Å². The third-order valence-electron chi connectivity index (χ3n) is 3.65. The van der Waals surface area contributed by atoms with Crippen LogP contribution in [0.2, 0.25) is 0 Å². The van der Waals surface area contributed by atoms with Crippen molar-refractivity contribution in [1.82, 2.24) is 15.0 Å². The van der Waals surface area contributed by atoms with E-state index in [2.05, 4.69) is 41.9 Å². The van der Waals surface area contributed by atoms with Crippen LogP contribution in [0.5, 0.6) is 0 Å². The Kier molecular flexibility index (Phi) is 4.62. The van der Waals surface area contributed by atoms with Gasteiger partial charge in [-0.2, -0.15) is 10.2 Å². The van der Waals surface area contributed by atoms with E-state index in [4.69, 9.17) is 9.78 Å². The zero-order chi connectivity index (χ0) is 16.3. The number of hydrogen-bond acceptors (Lipinski definition) is 5. The van der Waals surface area contributed by atoms with Gasteiger partial charge in [-0.25, -0.2) is 0 Å². The Morgan fingerprint density at radius 1 is 1.27 bits per heavy atom. The molecular formula is C17H22N4O. The monoisotopic (exact) mass is 298 g/mol. The van der Waals surface area contributed by atoms with Gasteiger partial charge < -0.3 is 4.52 Å². The number of benzene rings is 1. The first-order valence-corrected chi connectivity index (χ1v) is 7.34. The molecule has 1 unspecified atom stereocenters. The molecule has 22 heavy (non-hydrogen) atoms. The Morgan fingerprint density at radius 3 is 2.41 bits per heavy atom. The molecule has 0 aliphatic rings. The molecule has 1 atom stereocenters. The summed E-state index contributed by atoms with van der Waals surface area (Å²) in [7, 11) is 2.02. The van der Waals surface area contributed by atoms with Crippen molar-refractivity contribution in [3.05, 3.63) is 47.1 Å². The van der Waals surface area contributed by atoms with Gasteiger partial charge in [-0.05, 0) is 31.7 Å². The first kappa shape index (κ1) is 16.2. The van der Waals surface area contributed by atoms with Crippen LogP contribution < -0.4 is 0 Å². The SMILES string of the molecule is CC(c1nc(C(C)(C)C)no1)N(C)Cc1ccc(C#N)cc1. The third kappa shape index (κ3) is 3.71. The molecule has 0 fully saturated rings. The molecular weight excluding hydrogens is 276 g/mol. The first-order valence-electron chi connectivity index (χ1n) is 7.34. The van der Waals surface area contributed by atoms with E-state index < -0.39 is 0 Å². The van der Waals surface area contributed by atoms with Crippen LogP contribution in [0.25, 0.3) is 0 Å². The third-order valence-corrected chi connectivity index (χ3v) is 3.65. The summed E-state index contributed by atoms with van der Waals surface area (Å²) in [6, 6.07) is 9.75. The summed E-state index contributed by atoms with van der Waals surface area (Å²) in [6.07, 6.45) is 0. The van der Waals surface area contributed by atoms with E-state index in [0.717, 1.165) is 17.9 Å². The lowest BCUT2D eigenvalue weighted by Crippen LogP contribution is -2.22. The van der Waals surface area contributed by atoms with Gasteiger partial charge >= 0.3 is 0 Å². The van der Waals surface area contributed by atoms with Gasteiger partial charge in [0.1, 0.15) is 0 Å². The highest BCUT2D eigenvalue weighted by molar-refractivity contribution is 5.31. The van der Waals surface area contributed by atoms with Crippen molar-refractivity contribution in [1.29, 1.82) is 5.26 Å². The Hall–Kier alpha value is -2.19. The highest BCUT2D eigenvalue weighted by Gasteiger charge is 2.24. The first-order chi connectivity index (χ1) is 10.3. The number of hydrogen-bond donors (Lipinski definition) is 0. The van der Waals surface area contributed by atoms with Gasteiger partial charge in [0.15, 0.2) is 5.82 Å². The molecule has 2 aromatic rings. The molecule has 0 saturated heterocycles. The molecule has 0 aliphatic carbocycles. The topological polar surface area (TPSA) is 66.0 Å². The summed E-state index contributed by atoms with van der Waals surface area (Å²) < 4.78 is 5.40. The van der Waals surface area contributed by atoms with Gasteiger partial charge in [-0.1, -0.05) is 38.1 Å². The van der Waals surface area contributed by atoms with Crippen LogP contribution in [0.1, 0.15) is 56.6 Å². The van der Waals surface area contributed by atoms with Gasteiger partial charge in [-0.15, -0.1) is 0 Å². The van der Waals surface area contributed by atoms with Crippen molar-refractivity contribution in [3.8, 4) is 6.07 Å². The van der Waals surface area contributed by atoms with Crippen molar-refractivity contribution in [2.45, 2.75) is 45.7 Å². The number of rotatable bonds is 4. The molecule has 0 amide bonds. The predicted molar refractivity (Wildman–Crippen MR) is 84.0 cm³/mol. The Balaban J connectivity index is 2.06. The normalized spacial score (nSPS) is 13.1. The summed E-state index contributed by atoms with van der Waals surface area (Å²) in [5, 5.41) is 12.9. The molecule has 0 N–H and O–H groups in total. The maximum Gasteiger partial charge on any atom is 0.243 e. The lowest BCUT2D eigenvalue weighted by Gasteiger charge is -2.21. The van der Waals surface area contributed by atoms with Crippen molar-refractivity contribution in [2.75, 3.05) is 7.05 Å². The van der Waals surface area contributed by atoms with E-state index >= 15 is 0 Å². The zero-order valence-corrected chi connectivity index (χ0v) is 13.8. The molecule has 5 heteroatoms. The van der Waals surface area contributed by atoms with E-state index in [9.17, 15) is 0 Å². The second-order valence-electron chi connectivity index (χ2n) is 6.61. The second kappa shape index (κ2) is 6.29. The Morgan fingerprint density at radius 2 is 1.91 bits per heavy atom. The molecule has 2 rings (SSSR count). The van der Waals surface area contributed by atoms with Gasteiger partial charge in [0.25, 0.3) is 0 Å². The zero-order valence-electron chi connectivity index (χ0n) is 13.8. The van der Waals surface area contributed by atoms with Crippen LogP contribution >= 0.6 is 0 Å². The molecule has 0 saturated carbocycles. The van der Waals surface area contributed by atoms with Crippen LogP contribution in [0.4, 0.5) is 0 Å². The molecule has 0 spiro atoms. The summed E-state index contributed by atoms with van der Waals surface area (Å²) in [4.78, 5) is 6.65. The second-order valence-corrected chi connectivity index (χ2v) is 6.61. The number of nitrogens with zero attached hydrogens (tertiary/aromatic N) is 4. The summed E-state index contributed by atoms with van der Waals surface area (Å²) in [6.45, 7) is 8.98. The summed E-state index contributed by atoms with van der Waals surface area (Å²) >= 11 is 0. The smallest absolute Gasteiger partial charge is 0.243 e. The van der Waals surface area contributed by atoms with Gasteiger partial charge in [0.2, 0.25) is 5.89 Å². The molecule has 1 aromatic heterocycles. The fourth-order valence-electron chi connectivity index (χ4n) is 2.01. The van der Waals surface area contributed by atoms with Crippen LogP contribution in [-0.2, 0) is 12.0 Å². The van der Waals surface area contributed by atoms with Gasteiger partial charge in [-0.3, -0.25) is 4.90 Å². The maximum absolute atomic E-state index is 8.83. The van der Waals surface area contributed by atoms with Crippen LogP contribution in [-0.4, -0.2) is 22.1 Å². The minimum absolute atomic E-state index is 0.0271. The van der Waals surface area contributed by atoms with Crippen molar-refractivity contribution < 1.29 is 4.52 Å². The van der Waals surface area contributed by atoms with Crippen molar-refractivity contribution >= 4 is 0 Å². The average Bonchev–Trinajstić information content (AvgIpc) is 2.97. The average molecular weight is 298 g/mol. The van der Waals surface area contributed by atoms with E-state index in [1.54, 1.807) is 0 Å². The highest BCUT2D eigenvalue weighted by atomic mass is 16.5. The molecule has 5 nitrogen and oxygen atoms in total. The van der Waals surface area contributed by atoms with Crippen molar-refractivity contribution in [3.63, 3.8) is 0 Å². The van der Waals surface area contributed by atoms with E-state index in [-0.39, 0.29) is 11.5 Å². The molecule has 116 valence electrons. The van der Waals surface area contributed by atoms with Crippen LogP contribution in [0.3, 0.4) is 0 Å². The molecule has 0 aliphatic heterocycles.